The molecule has 1 saturated carbocycles. The van der Waals surface area contributed by atoms with Gasteiger partial charge in [-0.1, -0.05) is 150 Å². The summed E-state index contributed by atoms with van der Waals surface area (Å²) in [6.45, 7) is 12.9. The molecule has 0 unspecified atom stereocenters. The molecule has 0 N–H and O–H groups in total. The Balaban J connectivity index is 1.10. The van der Waals surface area contributed by atoms with E-state index in [9.17, 15) is 0 Å². The molecule has 8 aromatic rings. The number of hydrogen-bond donors (Lipinski definition) is 0. The molecular formula is C56H64N8. The van der Waals surface area contributed by atoms with Crippen molar-refractivity contribution in [3.63, 3.8) is 0 Å². The Bertz CT molecular complexity index is 2290. The molecule has 328 valence electrons. The quantitative estimate of drug-likeness (QED) is 0.0541. The number of nitrogens with zero attached hydrogens (tertiary/aromatic N) is 8. The lowest BCUT2D eigenvalue weighted by Crippen LogP contribution is -2.40. The Morgan fingerprint density at radius 1 is 0.328 bits per heavy atom. The highest BCUT2D eigenvalue weighted by Gasteiger charge is 2.52. The highest BCUT2D eigenvalue weighted by molar-refractivity contribution is 5.52. The average Bonchev–Trinajstić information content (AvgIpc) is 4.18. The van der Waals surface area contributed by atoms with Crippen molar-refractivity contribution >= 4 is 0 Å². The molecule has 4 aromatic carbocycles. The van der Waals surface area contributed by atoms with Crippen LogP contribution in [0.5, 0.6) is 0 Å². The van der Waals surface area contributed by atoms with Gasteiger partial charge in [0.15, 0.2) is 0 Å². The van der Waals surface area contributed by atoms with Gasteiger partial charge in [0, 0.05) is 49.6 Å². The smallest absolute Gasteiger partial charge is 0.243 e. The van der Waals surface area contributed by atoms with Crippen LogP contribution in [0.2, 0.25) is 0 Å². The zero-order valence-corrected chi connectivity index (χ0v) is 38.2. The first-order valence-electron chi connectivity index (χ1n) is 23.9. The zero-order chi connectivity index (χ0) is 43.8. The summed E-state index contributed by atoms with van der Waals surface area (Å²) >= 11 is 0. The third-order valence-corrected chi connectivity index (χ3v) is 13.3. The summed E-state index contributed by atoms with van der Waals surface area (Å²) in [5.74, 6) is 0.991. The minimum Gasteiger partial charge on any atom is -0.326 e. The summed E-state index contributed by atoms with van der Waals surface area (Å²) in [6.07, 6.45) is 40.5. The van der Waals surface area contributed by atoms with E-state index in [1.165, 1.54) is 47.9 Å². The van der Waals surface area contributed by atoms with Crippen molar-refractivity contribution in [3.05, 3.63) is 194 Å². The Labute approximate surface area is 381 Å². The van der Waals surface area contributed by atoms with Gasteiger partial charge < -0.3 is 36.5 Å². The molecule has 0 saturated heterocycles. The number of aromatic nitrogens is 8. The molecule has 0 radical (unpaired) electrons. The zero-order valence-electron chi connectivity index (χ0n) is 38.2. The van der Waals surface area contributed by atoms with Crippen molar-refractivity contribution in [3.8, 4) is 22.7 Å². The first kappa shape index (κ1) is 43.0. The molecule has 0 amide bonds. The van der Waals surface area contributed by atoms with Crippen LogP contribution in [0, 0.1) is 25.3 Å². The van der Waals surface area contributed by atoms with Crippen LogP contribution in [0.1, 0.15) is 125 Å². The van der Waals surface area contributed by atoms with Crippen LogP contribution in [-0.2, 0) is 26.2 Å². The maximum atomic E-state index is 3.54. The monoisotopic (exact) mass is 849 g/mol. The number of rotatable bonds is 20. The molecule has 0 spiro atoms. The van der Waals surface area contributed by atoms with Crippen molar-refractivity contribution in [1.29, 1.82) is 0 Å². The summed E-state index contributed by atoms with van der Waals surface area (Å²) in [7, 11) is 0. The van der Waals surface area contributed by atoms with Crippen molar-refractivity contribution in [2.24, 2.45) is 0 Å². The lowest BCUT2D eigenvalue weighted by molar-refractivity contribution is -0.700. The lowest BCUT2D eigenvalue weighted by Gasteiger charge is -2.54. The number of aryl methyl sites for hydroxylation is 4. The lowest BCUT2D eigenvalue weighted by atomic mass is 9.49. The van der Waals surface area contributed by atoms with Gasteiger partial charge in [-0.3, -0.25) is 0 Å². The minimum absolute atomic E-state index is 0.248. The second kappa shape index (κ2) is 20.0. The van der Waals surface area contributed by atoms with Crippen LogP contribution in [0.3, 0.4) is 0 Å². The summed E-state index contributed by atoms with van der Waals surface area (Å²) in [4.78, 5) is 0. The molecule has 8 nitrogen and oxygen atoms in total. The summed E-state index contributed by atoms with van der Waals surface area (Å²) in [5.41, 5.74) is 9.94. The Morgan fingerprint density at radius 3 is 0.719 bits per heavy atom. The average molecular weight is 849 g/mol. The standard InChI is InChI=1S/C56H64N8/c1-5-9-29-57-33-37-61(41-57)49-21-13-45(14-22-49)53-54(46-15-23-50(24-16-46)62-38-34-58(42-62)30-10-6-2)56(48-19-27-52(28-20-48)64-40-36-60(44-64)32-12-8-4)55(53)47-17-25-51(26-18-47)63-39-35-59(43-63)31-11-7-3/h13-28,33-40,53-56H,5-12,29-32H2,1-4H3. The Morgan fingerprint density at radius 2 is 0.531 bits per heavy atom. The van der Waals surface area contributed by atoms with Gasteiger partial charge in [-0.2, -0.15) is 0 Å². The van der Waals surface area contributed by atoms with Gasteiger partial charge in [-0.15, -0.1) is 0 Å². The Kier molecular flexibility index (Phi) is 13.5. The fourth-order valence-corrected chi connectivity index (χ4v) is 9.63. The summed E-state index contributed by atoms with van der Waals surface area (Å²) in [6, 6.07) is 37.2. The first-order chi connectivity index (χ1) is 31.5. The summed E-state index contributed by atoms with van der Waals surface area (Å²) < 4.78 is 17.2. The highest BCUT2D eigenvalue weighted by Crippen LogP contribution is 2.66. The van der Waals surface area contributed by atoms with E-state index in [-0.39, 0.29) is 23.7 Å². The highest BCUT2D eigenvalue weighted by atomic mass is 15.1. The normalized spacial score (nSPS) is 17.2. The van der Waals surface area contributed by atoms with E-state index in [4.69, 9.17) is 0 Å². The van der Waals surface area contributed by atoms with E-state index < -0.39 is 0 Å². The molecule has 4 heterocycles. The molecule has 0 aliphatic heterocycles. The van der Waals surface area contributed by atoms with Crippen molar-refractivity contribution in [1.82, 2.24) is 18.3 Å². The van der Waals surface area contributed by atoms with Gasteiger partial charge >= 0.3 is 0 Å². The van der Waals surface area contributed by atoms with E-state index in [2.05, 4.69) is 236 Å². The van der Waals surface area contributed by atoms with Crippen LogP contribution in [0.15, 0.2) is 147 Å². The molecule has 4 aromatic heterocycles. The maximum Gasteiger partial charge on any atom is 0.243 e. The molecule has 8 heteroatoms. The van der Waals surface area contributed by atoms with Crippen LogP contribution in [0.4, 0.5) is 0 Å². The Hall–Kier alpha value is -6.28. The third kappa shape index (κ3) is 9.33. The first-order valence-corrected chi connectivity index (χ1v) is 23.9. The second-order valence-corrected chi connectivity index (χ2v) is 17.7. The molecule has 1 aliphatic rings. The minimum atomic E-state index is 0.248. The van der Waals surface area contributed by atoms with E-state index in [1.54, 1.807) is 0 Å². The molecule has 9 rings (SSSR count). The molecule has 0 atom stereocenters. The van der Waals surface area contributed by atoms with Gasteiger partial charge in [-0.05, 0) is 71.6 Å². The summed E-state index contributed by atoms with van der Waals surface area (Å²) in [5, 5.41) is 0. The molecule has 1 aliphatic carbocycles. The van der Waals surface area contributed by atoms with E-state index >= 15 is 0 Å². The largest absolute Gasteiger partial charge is 0.326 e. The molecule has 64 heavy (non-hydrogen) atoms. The predicted octanol–water partition coefficient (Wildman–Crippen LogP) is 9.85. The van der Waals surface area contributed by atoms with E-state index in [0.717, 1.165) is 74.6 Å². The maximum absolute atomic E-state index is 3.54. The fourth-order valence-electron chi connectivity index (χ4n) is 9.63. The molecular weight excluding hydrogens is 785 g/mol. The molecule has 0 bridgehead atoms. The van der Waals surface area contributed by atoms with Crippen LogP contribution in [0.25, 0.3) is 22.7 Å². The molecule has 1 fully saturated rings. The van der Waals surface area contributed by atoms with Crippen LogP contribution < -0.4 is 18.3 Å². The van der Waals surface area contributed by atoms with Crippen molar-refractivity contribution in [2.75, 3.05) is 0 Å². The predicted molar refractivity (Wildman–Crippen MR) is 250 cm³/mol. The van der Waals surface area contributed by atoms with Crippen molar-refractivity contribution in [2.45, 2.75) is 129 Å². The van der Waals surface area contributed by atoms with E-state index in [0.29, 0.717) is 0 Å². The number of hydrogen-bond acceptors (Lipinski definition) is 0. The van der Waals surface area contributed by atoms with E-state index in [1.807, 2.05) is 0 Å². The van der Waals surface area contributed by atoms with Crippen molar-refractivity contribution < 1.29 is 18.3 Å². The van der Waals surface area contributed by atoms with Gasteiger partial charge in [0.05, 0.1) is 48.9 Å². The van der Waals surface area contributed by atoms with Gasteiger partial charge in [0.25, 0.3) is 0 Å². The third-order valence-electron chi connectivity index (χ3n) is 13.3. The van der Waals surface area contributed by atoms with Gasteiger partial charge in [0.2, 0.25) is 25.3 Å². The number of unbranched alkanes of at least 4 members (excludes halogenated alkanes) is 4. The van der Waals surface area contributed by atoms with Crippen LogP contribution >= 0.6 is 0 Å². The fraction of sp³-hybridized carbons (Fsp3) is 0.357. The second-order valence-electron chi connectivity index (χ2n) is 17.7. The number of benzene rings is 4. The topological polar surface area (TPSA) is 35.2 Å². The van der Waals surface area contributed by atoms with Crippen LogP contribution in [-0.4, -0.2) is 18.3 Å². The number of imidazole rings is 4. The SMILES string of the molecule is CCCC[n+]1[c-]n(-c2ccc(C3C(c4ccc(-n5[c-][n+](CCCC)cc5)cc4)C(c4ccc(-n5[c-][n+](CCCC)cc5)cc4)C3c3ccc(-n4[c-][n+](CCCC)cc4)cc3)cc2)cc1. The van der Waals surface area contributed by atoms with Gasteiger partial charge in [0.1, 0.15) is 0 Å². The van der Waals surface area contributed by atoms with Gasteiger partial charge in [-0.25, -0.2) is 0 Å².